The molecular formula is C28H46O10. The van der Waals surface area contributed by atoms with Crippen LogP contribution in [0.3, 0.4) is 0 Å². The molecule has 0 rings (SSSR count). The quantitative estimate of drug-likeness (QED) is 0.106. The standard InChI is InChI=1S/C28H46O10/c1-9-25(30)37-22(13-12-20(6)28(33)34-8)17-24(36-21(7)29)23(38-27(32)16-19(4)5)11-10-14-35-26(31)15-18(2)3/h12,18-19,22-24H,9-11,13-17H2,1-8H3/b20-12+/t22-,23-,24-/m0/s1. The van der Waals surface area contributed by atoms with Crippen molar-refractivity contribution >= 4 is 29.8 Å². The highest BCUT2D eigenvalue weighted by Crippen LogP contribution is 2.22. The van der Waals surface area contributed by atoms with Gasteiger partial charge in [0.1, 0.15) is 18.3 Å². The van der Waals surface area contributed by atoms with Gasteiger partial charge in [0.15, 0.2) is 0 Å². The van der Waals surface area contributed by atoms with Crippen LogP contribution in [0.5, 0.6) is 0 Å². The second-order valence-electron chi connectivity index (χ2n) is 10.1. The molecule has 0 saturated heterocycles. The Morgan fingerprint density at radius 3 is 1.92 bits per heavy atom. The minimum absolute atomic E-state index is 0.0308. The first-order valence-corrected chi connectivity index (χ1v) is 13.3. The fourth-order valence-corrected chi connectivity index (χ4v) is 3.50. The summed E-state index contributed by atoms with van der Waals surface area (Å²) < 4.78 is 26.8. The van der Waals surface area contributed by atoms with Gasteiger partial charge in [0.2, 0.25) is 0 Å². The number of carbonyl (C=O) groups is 5. The lowest BCUT2D eigenvalue weighted by Gasteiger charge is -2.29. The van der Waals surface area contributed by atoms with E-state index in [4.69, 9.17) is 23.7 Å². The third-order valence-electron chi connectivity index (χ3n) is 5.34. The lowest BCUT2D eigenvalue weighted by molar-refractivity contribution is -0.173. The topological polar surface area (TPSA) is 132 Å². The van der Waals surface area contributed by atoms with E-state index in [1.807, 2.05) is 27.7 Å². The Morgan fingerprint density at radius 1 is 0.789 bits per heavy atom. The van der Waals surface area contributed by atoms with Gasteiger partial charge >= 0.3 is 29.8 Å². The smallest absolute Gasteiger partial charge is 0.333 e. The number of ether oxygens (including phenoxy) is 5. The minimum Gasteiger partial charge on any atom is -0.466 e. The molecule has 0 amide bonds. The molecule has 38 heavy (non-hydrogen) atoms. The molecule has 0 aromatic carbocycles. The Morgan fingerprint density at radius 2 is 1.39 bits per heavy atom. The molecule has 0 aliphatic heterocycles. The number of hydrogen-bond acceptors (Lipinski definition) is 10. The van der Waals surface area contributed by atoms with Crippen molar-refractivity contribution in [2.75, 3.05) is 13.7 Å². The van der Waals surface area contributed by atoms with Gasteiger partial charge < -0.3 is 23.7 Å². The number of carbonyl (C=O) groups excluding carboxylic acids is 5. The summed E-state index contributed by atoms with van der Waals surface area (Å²) in [4.78, 5) is 60.3. The van der Waals surface area contributed by atoms with Crippen molar-refractivity contribution in [3.8, 4) is 0 Å². The molecule has 3 atom stereocenters. The van der Waals surface area contributed by atoms with Gasteiger partial charge in [-0.1, -0.05) is 40.7 Å². The van der Waals surface area contributed by atoms with E-state index in [0.717, 1.165) is 0 Å². The minimum atomic E-state index is -0.934. The third-order valence-corrected chi connectivity index (χ3v) is 5.34. The Bertz CT molecular complexity index is 799. The molecule has 0 bridgehead atoms. The average Bonchev–Trinajstić information content (AvgIpc) is 2.81. The molecule has 0 fully saturated rings. The second-order valence-corrected chi connectivity index (χ2v) is 10.1. The molecular weight excluding hydrogens is 496 g/mol. The summed E-state index contributed by atoms with van der Waals surface area (Å²) in [6.07, 6.45) is 0.423. The van der Waals surface area contributed by atoms with Crippen molar-refractivity contribution in [1.29, 1.82) is 0 Å². The summed E-state index contributed by atoms with van der Waals surface area (Å²) in [5.74, 6) is -2.13. The van der Waals surface area contributed by atoms with Gasteiger partial charge in [0.05, 0.1) is 13.7 Å². The van der Waals surface area contributed by atoms with Crippen molar-refractivity contribution in [3.63, 3.8) is 0 Å². The van der Waals surface area contributed by atoms with Crippen molar-refractivity contribution in [2.24, 2.45) is 11.8 Å². The van der Waals surface area contributed by atoms with Crippen LogP contribution in [-0.4, -0.2) is 61.9 Å². The summed E-state index contributed by atoms with van der Waals surface area (Å²) in [6.45, 7) is 12.2. The number of esters is 5. The van der Waals surface area contributed by atoms with E-state index in [2.05, 4.69) is 0 Å². The number of methoxy groups -OCH3 is 1. The SMILES string of the molecule is CCC(=O)O[C@@H](C/C=C(\C)C(=O)OC)C[C@H](OC(C)=O)[C@H](CCCOC(=O)CC(C)C)OC(=O)CC(C)C. The molecule has 0 heterocycles. The van der Waals surface area contributed by atoms with Crippen molar-refractivity contribution in [3.05, 3.63) is 11.6 Å². The first-order chi connectivity index (χ1) is 17.8. The summed E-state index contributed by atoms with van der Waals surface area (Å²) in [5, 5.41) is 0. The van der Waals surface area contributed by atoms with E-state index in [1.54, 1.807) is 19.9 Å². The van der Waals surface area contributed by atoms with Crippen LogP contribution in [0, 0.1) is 11.8 Å². The molecule has 0 unspecified atom stereocenters. The van der Waals surface area contributed by atoms with Crippen LogP contribution >= 0.6 is 0 Å². The van der Waals surface area contributed by atoms with Gasteiger partial charge in [0, 0.05) is 44.6 Å². The van der Waals surface area contributed by atoms with Crippen molar-refractivity contribution < 1.29 is 47.7 Å². The zero-order valence-electron chi connectivity index (χ0n) is 24.2. The predicted octanol–water partition coefficient (Wildman–Crippen LogP) is 4.47. The van der Waals surface area contributed by atoms with Crippen LogP contribution in [0.1, 0.15) is 93.4 Å². The Balaban J connectivity index is 5.80. The van der Waals surface area contributed by atoms with Gasteiger partial charge in [-0.3, -0.25) is 19.2 Å². The second kappa shape index (κ2) is 19.2. The Labute approximate surface area is 226 Å². The van der Waals surface area contributed by atoms with E-state index in [9.17, 15) is 24.0 Å². The first kappa shape index (κ1) is 35.1. The molecule has 218 valence electrons. The van der Waals surface area contributed by atoms with E-state index in [-0.39, 0.29) is 56.5 Å². The summed E-state index contributed by atoms with van der Waals surface area (Å²) >= 11 is 0. The highest BCUT2D eigenvalue weighted by Gasteiger charge is 2.32. The average molecular weight is 543 g/mol. The van der Waals surface area contributed by atoms with Gasteiger partial charge in [0.25, 0.3) is 0 Å². The largest absolute Gasteiger partial charge is 0.466 e. The zero-order chi connectivity index (χ0) is 29.3. The highest BCUT2D eigenvalue weighted by molar-refractivity contribution is 5.87. The van der Waals surface area contributed by atoms with Crippen LogP contribution < -0.4 is 0 Å². The van der Waals surface area contributed by atoms with Gasteiger partial charge in [-0.15, -0.1) is 0 Å². The summed E-state index contributed by atoms with van der Waals surface area (Å²) in [6, 6.07) is 0. The molecule has 0 aliphatic carbocycles. The fourth-order valence-electron chi connectivity index (χ4n) is 3.50. The molecule has 0 aromatic rings. The highest BCUT2D eigenvalue weighted by atomic mass is 16.6. The molecule has 10 nitrogen and oxygen atoms in total. The van der Waals surface area contributed by atoms with Crippen LogP contribution in [-0.2, 0) is 47.7 Å². The monoisotopic (exact) mass is 542 g/mol. The maximum atomic E-state index is 12.6. The van der Waals surface area contributed by atoms with Gasteiger partial charge in [-0.05, 0) is 31.6 Å². The first-order valence-electron chi connectivity index (χ1n) is 13.3. The third kappa shape index (κ3) is 16.8. The zero-order valence-corrected chi connectivity index (χ0v) is 24.2. The molecule has 10 heteroatoms. The molecule has 0 N–H and O–H groups in total. The van der Waals surface area contributed by atoms with Crippen molar-refractivity contribution in [1.82, 2.24) is 0 Å². The Kier molecular flexibility index (Phi) is 17.7. The maximum Gasteiger partial charge on any atom is 0.333 e. The molecule has 0 saturated carbocycles. The van der Waals surface area contributed by atoms with E-state index < -0.39 is 42.2 Å². The summed E-state index contributed by atoms with van der Waals surface area (Å²) in [7, 11) is 1.27. The van der Waals surface area contributed by atoms with Crippen LogP contribution in [0.2, 0.25) is 0 Å². The molecule has 0 radical (unpaired) electrons. The van der Waals surface area contributed by atoms with Crippen LogP contribution in [0.25, 0.3) is 0 Å². The number of rotatable bonds is 18. The lowest BCUT2D eigenvalue weighted by atomic mass is 9.99. The van der Waals surface area contributed by atoms with Gasteiger partial charge in [-0.25, -0.2) is 4.79 Å². The van der Waals surface area contributed by atoms with Crippen molar-refractivity contribution in [2.45, 2.75) is 112 Å². The van der Waals surface area contributed by atoms with E-state index >= 15 is 0 Å². The van der Waals surface area contributed by atoms with Crippen LogP contribution in [0.4, 0.5) is 0 Å². The predicted molar refractivity (Wildman–Crippen MR) is 140 cm³/mol. The normalized spacial score (nSPS) is 13.9. The summed E-state index contributed by atoms with van der Waals surface area (Å²) in [5.41, 5.74) is 0.331. The fraction of sp³-hybridized carbons (Fsp3) is 0.750. The molecule has 0 aromatic heterocycles. The lowest BCUT2D eigenvalue weighted by Crippen LogP contribution is -2.39. The van der Waals surface area contributed by atoms with E-state index in [1.165, 1.54) is 14.0 Å². The maximum absolute atomic E-state index is 12.6. The van der Waals surface area contributed by atoms with Gasteiger partial charge in [-0.2, -0.15) is 0 Å². The van der Waals surface area contributed by atoms with Crippen LogP contribution in [0.15, 0.2) is 11.6 Å². The molecule has 0 aliphatic rings. The van der Waals surface area contributed by atoms with E-state index in [0.29, 0.717) is 18.4 Å². The molecule has 0 spiro atoms. The Hall–Kier alpha value is -2.91. The number of hydrogen-bond donors (Lipinski definition) is 0.